The number of aliphatic hydroxyl groups is 1. The number of hydrogen-bond donors (Lipinski definition) is 3. The number of benzene rings is 1. The Balaban J connectivity index is 2.12. The molecule has 1 fully saturated rings. The lowest BCUT2D eigenvalue weighted by molar-refractivity contribution is 0.213. The fourth-order valence-corrected chi connectivity index (χ4v) is 4.60. The molecule has 0 spiro atoms. The molecule has 0 bridgehead atoms. The van der Waals surface area contributed by atoms with Gasteiger partial charge in [0.15, 0.2) is 0 Å². The van der Waals surface area contributed by atoms with Crippen LogP contribution in [-0.4, -0.2) is 42.0 Å². The minimum atomic E-state index is -3.61. The zero-order valence-electron chi connectivity index (χ0n) is 10.9. The summed E-state index contributed by atoms with van der Waals surface area (Å²) in [7, 11) is -3.61. The number of sulfonamides is 1. The van der Waals surface area contributed by atoms with Gasteiger partial charge in [0, 0.05) is 35.4 Å². The van der Waals surface area contributed by atoms with Gasteiger partial charge in [0.2, 0.25) is 10.0 Å². The number of nitrogens with one attached hydrogen (secondary N) is 1. The Bertz CT molecular complexity index is 738. The van der Waals surface area contributed by atoms with Gasteiger partial charge in [-0.25, -0.2) is 8.42 Å². The summed E-state index contributed by atoms with van der Waals surface area (Å²) in [6, 6.07) is 4.81. The Morgan fingerprint density at radius 3 is 3.00 bits per heavy atom. The lowest BCUT2D eigenvalue weighted by Gasteiger charge is -2.21. The van der Waals surface area contributed by atoms with Crippen molar-refractivity contribution in [1.29, 1.82) is 0 Å². The summed E-state index contributed by atoms with van der Waals surface area (Å²) in [6.07, 6.45) is 2.96. The summed E-state index contributed by atoms with van der Waals surface area (Å²) in [5.74, 6) is 0. The summed E-state index contributed by atoms with van der Waals surface area (Å²) in [6.45, 7) is 0.298. The van der Waals surface area contributed by atoms with Crippen molar-refractivity contribution in [2.75, 3.05) is 18.9 Å². The largest absolute Gasteiger partial charge is 0.399 e. The van der Waals surface area contributed by atoms with E-state index in [2.05, 4.69) is 4.98 Å². The standard InChI is InChI=1S/C13H17N3O3S/c14-9-3-4-12-11(6-9)13(7-15-12)20(18,19)16-5-1-2-10(16)8-17/h3-4,6-7,10,15,17H,1-2,5,8,14H2/t10-/m0/s1. The smallest absolute Gasteiger partial charge is 0.245 e. The molecule has 2 heterocycles. The van der Waals surface area contributed by atoms with E-state index in [0.717, 1.165) is 11.9 Å². The molecule has 108 valence electrons. The van der Waals surface area contributed by atoms with Gasteiger partial charge in [-0.05, 0) is 31.0 Å². The molecule has 1 saturated heterocycles. The third-order valence-corrected chi connectivity index (χ3v) is 5.78. The first-order valence-electron chi connectivity index (χ1n) is 6.53. The normalized spacial score (nSPS) is 20.8. The van der Waals surface area contributed by atoms with Crippen LogP contribution in [0.2, 0.25) is 0 Å². The Labute approximate surface area is 117 Å². The average Bonchev–Trinajstić information content (AvgIpc) is 3.04. The topological polar surface area (TPSA) is 99.4 Å². The highest BCUT2D eigenvalue weighted by atomic mass is 32.2. The lowest BCUT2D eigenvalue weighted by atomic mass is 10.2. The number of fused-ring (bicyclic) bond motifs is 1. The van der Waals surface area contributed by atoms with Crippen LogP contribution in [0.3, 0.4) is 0 Å². The van der Waals surface area contributed by atoms with Crippen LogP contribution in [-0.2, 0) is 10.0 Å². The van der Waals surface area contributed by atoms with Crippen LogP contribution in [0.25, 0.3) is 10.9 Å². The molecule has 20 heavy (non-hydrogen) atoms. The molecule has 0 aliphatic carbocycles. The summed E-state index contributed by atoms with van der Waals surface area (Å²) in [5.41, 5.74) is 7.00. The van der Waals surface area contributed by atoms with Crippen molar-refractivity contribution in [2.45, 2.75) is 23.8 Å². The zero-order valence-corrected chi connectivity index (χ0v) is 11.7. The quantitative estimate of drug-likeness (QED) is 0.732. The van der Waals surface area contributed by atoms with Gasteiger partial charge in [0.25, 0.3) is 0 Å². The fourth-order valence-electron chi connectivity index (χ4n) is 2.76. The van der Waals surface area contributed by atoms with Crippen LogP contribution >= 0.6 is 0 Å². The van der Waals surface area contributed by atoms with E-state index in [0.29, 0.717) is 24.0 Å². The summed E-state index contributed by atoms with van der Waals surface area (Å²) < 4.78 is 26.9. The Kier molecular flexibility index (Phi) is 3.19. The van der Waals surface area contributed by atoms with Gasteiger partial charge in [0.1, 0.15) is 4.90 Å². The molecule has 1 aliphatic rings. The first-order valence-corrected chi connectivity index (χ1v) is 7.97. The van der Waals surface area contributed by atoms with Crippen LogP contribution < -0.4 is 5.73 Å². The molecule has 6 nitrogen and oxygen atoms in total. The summed E-state index contributed by atoms with van der Waals surface area (Å²) in [4.78, 5) is 3.18. The number of nitrogens with two attached hydrogens (primary N) is 1. The lowest BCUT2D eigenvalue weighted by Crippen LogP contribution is -2.37. The Morgan fingerprint density at radius 2 is 2.25 bits per heavy atom. The summed E-state index contributed by atoms with van der Waals surface area (Å²) in [5, 5.41) is 9.91. The maximum atomic E-state index is 12.7. The van der Waals surface area contributed by atoms with Crippen molar-refractivity contribution in [3.8, 4) is 0 Å². The number of H-pyrrole nitrogens is 1. The second-order valence-corrected chi connectivity index (χ2v) is 6.91. The van der Waals surface area contributed by atoms with Crippen LogP contribution in [0.5, 0.6) is 0 Å². The predicted molar refractivity (Wildman–Crippen MR) is 76.7 cm³/mol. The van der Waals surface area contributed by atoms with E-state index < -0.39 is 10.0 Å². The van der Waals surface area contributed by atoms with Crippen molar-refractivity contribution in [1.82, 2.24) is 9.29 Å². The SMILES string of the molecule is Nc1ccc2[nH]cc(S(=O)(=O)N3CCC[C@H]3CO)c2c1. The van der Waals surface area contributed by atoms with Crippen LogP contribution in [0.4, 0.5) is 5.69 Å². The van der Waals surface area contributed by atoms with Gasteiger partial charge in [-0.2, -0.15) is 4.31 Å². The highest BCUT2D eigenvalue weighted by Gasteiger charge is 2.36. The highest BCUT2D eigenvalue weighted by Crippen LogP contribution is 2.31. The summed E-state index contributed by atoms with van der Waals surface area (Å²) >= 11 is 0. The third kappa shape index (κ3) is 1.98. The maximum absolute atomic E-state index is 12.7. The Hall–Kier alpha value is -1.57. The minimum absolute atomic E-state index is 0.149. The van der Waals surface area contributed by atoms with Gasteiger partial charge in [-0.3, -0.25) is 0 Å². The van der Waals surface area contributed by atoms with Gasteiger partial charge in [-0.15, -0.1) is 0 Å². The molecule has 0 amide bonds. The number of anilines is 1. The highest BCUT2D eigenvalue weighted by molar-refractivity contribution is 7.89. The fraction of sp³-hybridized carbons (Fsp3) is 0.385. The predicted octanol–water partition coefficient (Wildman–Crippen LogP) is 0.895. The average molecular weight is 295 g/mol. The van der Waals surface area contributed by atoms with Crippen molar-refractivity contribution < 1.29 is 13.5 Å². The maximum Gasteiger partial charge on any atom is 0.245 e. The number of nitrogen functional groups attached to an aromatic ring is 1. The number of aromatic amines is 1. The Morgan fingerprint density at radius 1 is 1.45 bits per heavy atom. The first-order chi connectivity index (χ1) is 9.54. The van der Waals surface area contributed by atoms with E-state index in [1.807, 2.05) is 0 Å². The van der Waals surface area contributed by atoms with E-state index in [4.69, 9.17) is 5.73 Å². The minimum Gasteiger partial charge on any atom is -0.399 e. The molecule has 1 aromatic carbocycles. The molecule has 1 atom stereocenters. The number of hydrogen-bond acceptors (Lipinski definition) is 4. The molecule has 3 rings (SSSR count). The van der Waals surface area contributed by atoms with E-state index in [-0.39, 0.29) is 17.5 Å². The van der Waals surface area contributed by atoms with E-state index in [1.54, 1.807) is 18.2 Å². The third-order valence-electron chi connectivity index (χ3n) is 3.79. The molecule has 1 aromatic heterocycles. The van der Waals surface area contributed by atoms with Gasteiger partial charge in [-0.1, -0.05) is 0 Å². The van der Waals surface area contributed by atoms with Crippen molar-refractivity contribution in [3.05, 3.63) is 24.4 Å². The van der Waals surface area contributed by atoms with Crippen molar-refractivity contribution in [3.63, 3.8) is 0 Å². The molecule has 2 aromatic rings. The second-order valence-electron chi connectivity index (χ2n) is 5.05. The molecule has 4 N–H and O–H groups in total. The first kappa shape index (κ1) is 13.4. The molecular formula is C13H17N3O3S. The molecule has 0 radical (unpaired) electrons. The van der Waals surface area contributed by atoms with Crippen LogP contribution in [0.1, 0.15) is 12.8 Å². The van der Waals surface area contributed by atoms with Crippen molar-refractivity contribution in [2.24, 2.45) is 0 Å². The van der Waals surface area contributed by atoms with Crippen LogP contribution in [0, 0.1) is 0 Å². The molecular weight excluding hydrogens is 278 g/mol. The molecule has 1 aliphatic heterocycles. The van der Waals surface area contributed by atoms with E-state index >= 15 is 0 Å². The molecule has 0 unspecified atom stereocenters. The monoisotopic (exact) mass is 295 g/mol. The van der Waals surface area contributed by atoms with E-state index in [9.17, 15) is 13.5 Å². The van der Waals surface area contributed by atoms with Gasteiger partial charge in [0.05, 0.1) is 6.61 Å². The molecule has 0 saturated carbocycles. The number of aromatic nitrogens is 1. The molecule has 7 heteroatoms. The van der Waals surface area contributed by atoms with Gasteiger partial charge < -0.3 is 15.8 Å². The van der Waals surface area contributed by atoms with Gasteiger partial charge >= 0.3 is 0 Å². The van der Waals surface area contributed by atoms with Crippen molar-refractivity contribution >= 4 is 26.6 Å². The number of aliphatic hydroxyl groups excluding tert-OH is 1. The van der Waals surface area contributed by atoms with Crippen LogP contribution in [0.15, 0.2) is 29.3 Å². The second kappa shape index (κ2) is 4.76. The van der Waals surface area contributed by atoms with E-state index in [1.165, 1.54) is 10.5 Å². The zero-order chi connectivity index (χ0) is 14.3. The number of nitrogens with zero attached hydrogens (tertiary/aromatic N) is 1. The number of rotatable bonds is 3.